The Balaban J connectivity index is 1.43. The molecule has 2 amide bonds. The van der Waals surface area contributed by atoms with Gasteiger partial charge in [0.15, 0.2) is 11.5 Å². The summed E-state index contributed by atoms with van der Waals surface area (Å²) in [5.41, 5.74) is 0.850. The molecular weight excluding hydrogens is 455 g/mol. The van der Waals surface area contributed by atoms with Crippen molar-refractivity contribution in [2.45, 2.75) is 31.3 Å². The molecular formula is C23H26F3N3O5. The van der Waals surface area contributed by atoms with E-state index < -0.39 is 24.5 Å². The zero-order valence-electron chi connectivity index (χ0n) is 18.3. The van der Waals surface area contributed by atoms with Gasteiger partial charge in [-0.25, -0.2) is 4.79 Å². The van der Waals surface area contributed by atoms with Crippen LogP contribution < -0.4 is 24.8 Å². The summed E-state index contributed by atoms with van der Waals surface area (Å²) < 4.78 is 51.9. The van der Waals surface area contributed by atoms with Gasteiger partial charge < -0.3 is 34.9 Å². The van der Waals surface area contributed by atoms with Crippen LogP contribution in [0.3, 0.4) is 0 Å². The van der Waals surface area contributed by atoms with Crippen LogP contribution in [0.1, 0.15) is 24.5 Å². The molecule has 0 aromatic heterocycles. The summed E-state index contributed by atoms with van der Waals surface area (Å²) in [6.07, 6.45) is -3.72. The minimum Gasteiger partial charge on any atom is -0.486 e. The molecule has 0 bridgehead atoms. The Hall–Kier alpha value is -3.18. The van der Waals surface area contributed by atoms with Gasteiger partial charge in [-0.2, -0.15) is 0 Å². The van der Waals surface area contributed by atoms with Gasteiger partial charge >= 0.3 is 12.4 Å². The number of benzene rings is 2. The van der Waals surface area contributed by atoms with E-state index in [9.17, 15) is 23.1 Å². The number of nitrogens with one attached hydrogen (secondary N) is 2. The third kappa shape index (κ3) is 6.45. The van der Waals surface area contributed by atoms with E-state index in [1.165, 1.54) is 12.1 Å². The fourth-order valence-corrected chi connectivity index (χ4v) is 4.02. The highest BCUT2D eigenvalue weighted by Gasteiger charge is 2.31. The predicted molar refractivity (Wildman–Crippen MR) is 117 cm³/mol. The van der Waals surface area contributed by atoms with Crippen molar-refractivity contribution in [3.63, 3.8) is 0 Å². The Morgan fingerprint density at radius 3 is 2.41 bits per heavy atom. The van der Waals surface area contributed by atoms with Crippen LogP contribution in [0.5, 0.6) is 17.2 Å². The Morgan fingerprint density at radius 1 is 1.06 bits per heavy atom. The summed E-state index contributed by atoms with van der Waals surface area (Å²) in [4.78, 5) is 14.8. The second-order valence-electron chi connectivity index (χ2n) is 8.13. The monoisotopic (exact) mass is 481 g/mol. The number of fused-ring (bicyclic) bond motifs is 1. The van der Waals surface area contributed by atoms with Crippen LogP contribution in [0.25, 0.3) is 0 Å². The predicted octanol–water partition coefficient (Wildman–Crippen LogP) is 3.68. The largest absolute Gasteiger partial charge is 0.573 e. The standard InChI is InChI=1S/C23H26F3N3O5/c24-23(25,26)34-17-6-4-16(5-7-17)27-22(31)28-18(14-29-9-1-2-10-29)21(30)15-3-8-19-20(13-15)33-12-11-32-19/h3-8,13,18,21,30H,1-2,9-12,14H2,(H2,27,28,31). The first-order valence-electron chi connectivity index (χ1n) is 11.0. The number of amides is 2. The number of carbonyl (C=O) groups is 1. The molecule has 34 heavy (non-hydrogen) atoms. The number of rotatable bonds is 7. The van der Waals surface area contributed by atoms with Crippen LogP contribution in [0.4, 0.5) is 23.7 Å². The van der Waals surface area contributed by atoms with Crippen LogP contribution in [0.15, 0.2) is 42.5 Å². The fraction of sp³-hybridized carbons (Fsp3) is 0.435. The van der Waals surface area contributed by atoms with Crippen LogP contribution in [0, 0.1) is 0 Å². The van der Waals surface area contributed by atoms with Gasteiger partial charge in [-0.3, -0.25) is 0 Å². The summed E-state index contributed by atoms with van der Waals surface area (Å²) in [7, 11) is 0. The molecule has 0 aliphatic carbocycles. The van der Waals surface area contributed by atoms with Crippen molar-refractivity contribution >= 4 is 11.7 Å². The lowest BCUT2D eigenvalue weighted by Gasteiger charge is -2.29. The SMILES string of the molecule is O=C(Nc1ccc(OC(F)(F)F)cc1)NC(CN1CCCC1)C(O)c1ccc2c(c1)OCCO2. The topological polar surface area (TPSA) is 92.3 Å². The lowest BCUT2D eigenvalue weighted by Crippen LogP contribution is -2.48. The molecule has 3 N–H and O–H groups in total. The number of aliphatic hydroxyl groups is 1. The van der Waals surface area contributed by atoms with Gasteiger partial charge in [0.1, 0.15) is 25.1 Å². The number of hydrogen-bond acceptors (Lipinski definition) is 6. The first-order valence-corrected chi connectivity index (χ1v) is 11.0. The zero-order chi connectivity index (χ0) is 24.1. The third-order valence-corrected chi connectivity index (χ3v) is 5.60. The highest BCUT2D eigenvalue weighted by Crippen LogP contribution is 2.33. The van der Waals surface area contributed by atoms with Crippen molar-refractivity contribution in [3.05, 3.63) is 48.0 Å². The lowest BCUT2D eigenvalue weighted by molar-refractivity contribution is -0.274. The summed E-state index contributed by atoms with van der Waals surface area (Å²) >= 11 is 0. The maximum atomic E-state index is 12.7. The summed E-state index contributed by atoms with van der Waals surface area (Å²) in [6.45, 7) is 3.04. The minimum atomic E-state index is -4.79. The molecule has 8 nitrogen and oxygen atoms in total. The van der Waals surface area contributed by atoms with Crippen LogP contribution in [0.2, 0.25) is 0 Å². The van der Waals surface area contributed by atoms with Gasteiger partial charge in [-0.15, -0.1) is 13.2 Å². The number of ether oxygens (including phenoxy) is 3. The van der Waals surface area contributed by atoms with Crippen molar-refractivity contribution < 1.29 is 37.3 Å². The molecule has 4 rings (SSSR count). The number of nitrogens with zero attached hydrogens (tertiary/aromatic N) is 1. The molecule has 2 unspecified atom stereocenters. The van der Waals surface area contributed by atoms with Gasteiger partial charge in [0.2, 0.25) is 0 Å². The number of carbonyl (C=O) groups excluding carboxylic acids is 1. The number of halogens is 3. The van der Waals surface area contributed by atoms with E-state index in [-0.39, 0.29) is 11.4 Å². The Labute approximate surface area is 194 Å². The van der Waals surface area contributed by atoms with E-state index in [1.807, 2.05) is 0 Å². The van der Waals surface area contributed by atoms with Crippen molar-refractivity contribution in [2.75, 3.05) is 38.2 Å². The highest BCUT2D eigenvalue weighted by atomic mass is 19.4. The Morgan fingerprint density at radius 2 is 1.74 bits per heavy atom. The third-order valence-electron chi connectivity index (χ3n) is 5.60. The quantitative estimate of drug-likeness (QED) is 0.559. The molecule has 1 fully saturated rings. The average Bonchev–Trinajstić information content (AvgIpc) is 3.31. The minimum absolute atomic E-state index is 0.278. The summed E-state index contributed by atoms with van der Waals surface area (Å²) in [6, 6.07) is 8.73. The normalized spacial score (nSPS) is 17.6. The zero-order valence-corrected chi connectivity index (χ0v) is 18.3. The van der Waals surface area contributed by atoms with Gasteiger partial charge in [0.25, 0.3) is 0 Å². The second kappa shape index (κ2) is 10.4. The first kappa shape index (κ1) is 24.0. The lowest BCUT2D eigenvalue weighted by atomic mass is 10.0. The fourth-order valence-electron chi connectivity index (χ4n) is 4.02. The molecule has 2 atom stereocenters. The molecule has 2 aliphatic rings. The van der Waals surface area contributed by atoms with E-state index in [0.717, 1.165) is 38.1 Å². The van der Waals surface area contributed by atoms with E-state index in [0.29, 0.717) is 36.8 Å². The molecule has 2 aromatic rings. The van der Waals surface area contributed by atoms with Gasteiger partial charge in [-0.05, 0) is 67.9 Å². The van der Waals surface area contributed by atoms with Crippen molar-refractivity contribution in [1.82, 2.24) is 10.2 Å². The molecule has 184 valence electrons. The van der Waals surface area contributed by atoms with E-state index >= 15 is 0 Å². The number of urea groups is 1. The van der Waals surface area contributed by atoms with Crippen LogP contribution >= 0.6 is 0 Å². The van der Waals surface area contributed by atoms with Gasteiger partial charge in [0.05, 0.1) is 6.04 Å². The molecule has 11 heteroatoms. The molecule has 0 radical (unpaired) electrons. The number of likely N-dealkylation sites (tertiary alicyclic amines) is 1. The number of aliphatic hydroxyl groups excluding tert-OH is 1. The number of anilines is 1. The first-order chi connectivity index (χ1) is 16.3. The average molecular weight is 481 g/mol. The van der Waals surface area contributed by atoms with Crippen LogP contribution in [-0.4, -0.2) is 61.3 Å². The highest BCUT2D eigenvalue weighted by molar-refractivity contribution is 5.89. The van der Waals surface area contributed by atoms with E-state index in [2.05, 4.69) is 20.3 Å². The summed E-state index contributed by atoms with van der Waals surface area (Å²) in [5.74, 6) is 0.745. The van der Waals surface area contributed by atoms with E-state index in [4.69, 9.17) is 9.47 Å². The number of hydrogen-bond donors (Lipinski definition) is 3. The molecule has 0 saturated carbocycles. The maximum Gasteiger partial charge on any atom is 0.573 e. The van der Waals surface area contributed by atoms with Gasteiger partial charge in [0, 0.05) is 12.2 Å². The van der Waals surface area contributed by atoms with Crippen molar-refractivity contribution in [3.8, 4) is 17.2 Å². The molecule has 0 spiro atoms. The Kier molecular flexibility index (Phi) is 7.32. The van der Waals surface area contributed by atoms with Crippen molar-refractivity contribution in [2.24, 2.45) is 0 Å². The Bertz CT molecular complexity index is 981. The molecule has 2 heterocycles. The van der Waals surface area contributed by atoms with Crippen molar-refractivity contribution in [1.29, 1.82) is 0 Å². The molecule has 1 saturated heterocycles. The summed E-state index contributed by atoms with van der Waals surface area (Å²) in [5, 5.41) is 16.5. The van der Waals surface area contributed by atoms with E-state index in [1.54, 1.807) is 18.2 Å². The maximum absolute atomic E-state index is 12.7. The second-order valence-corrected chi connectivity index (χ2v) is 8.13. The van der Waals surface area contributed by atoms with Crippen LogP contribution in [-0.2, 0) is 0 Å². The van der Waals surface area contributed by atoms with Gasteiger partial charge in [-0.1, -0.05) is 6.07 Å². The number of alkyl halides is 3. The molecule has 2 aromatic carbocycles. The molecule has 2 aliphatic heterocycles. The smallest absolute Gasteiger partial charge is 0.486 e.